The van der Waals surface area contributed by atoms with E-state index in [1.54, 1.807) is 6.92 Å². The van der Waals surface area contributed by atoms with Gasteiger partial charge in [-0.1, -0.05) is 6.92 Å². The monoisotopic (exact) mass is 288 g/mol. The molecule has 0 radical (unpaired) electrons. The Morgan fingerprint density at radius 3 is 2.79 bits per heavy atom. The Labute approximate surface area is 117 Å². The van der Waals surface area contributed by atoms with Crippen molar-refractivity contribution < 1.29 is 8.42 Å². The summed E-state index contributed by atoms with van der Waals surface area (Å²) < 4.78 is 23.1. The lowest BCUT2D eigenvalue weighted by Crippen LogP contribution is -2.43. The second kappa shape index (κ2) is 7.04. The Balaban J connectivity index is 1.78. The molecule has 4 nitrogen and oxygen atoms in total. The van der Waals surface area contributed by atoms with E-state index in [0.717, 1.165) is 38.5 Å². The highest BCUT2D eigenvalue weighted by molar-refractivity contribution is 7.91. The van der Waals surface area contributed by atoms with Crippen LogP contribution in [0.4, 0.5) is 0 Å². The van der Waals surface area contributed by atoms with E-state index in [1.807, 2.05) is 0 Å². The van der Waals surface area contributed by atoms with Gasteiger partial charge >= 0.3 is 0 Å². The summed E-state index contributed by atoms with van der Waals surface area (Å²) in [4.78, 5) is 2.54. The van der Waals surface area contributed by atoms with E-state index < -0.39 is 9.84 Å². The first-order valence-corrected chi connectivity index (χ1v) is 9.59. The molecule has 2 rings (SSSR count). The van der Waals surface area contributed by atoms with Gasteiger partial charge in [0.15, 0.2) is 0 Å². The summed E-state index contributed by atoms with van der Waals surface area (Å²) in [5.41, 5.74) is 0. The third-order valence-electron chi connectivity index (χ3n) is 4.63. The van der Waals surface area contributed by atoms with Gasteiger partial charge in [0, 0.05) is 11.8 Å². The maximum atomic E-state index is 11.5. The molecule has 0 aromatic carbocycles. The van der Waals surface area contributed by atoms with E-state index in [1.165, 1.54) is 25.7 Å². The summed E-state index contributed by atoms with van der Waals surface area (Å²) in [7, 11) is -2.79. The molecular formula is C14H28N2O2S. The molecular weight excluding hydrogens is 260 g/mol. The van der Waals surface area contributed by atoms with E-state index in [9.17, 15) is 8.42 Å². The molecule has 112 valence electrons. The van der Waals surface area contributed by atoms with Crippen LogP contribution >= 0.6 is 0 Å². The van der Waals surface area contributed by atoms with Crippen molar-refractivity contribution in [3.63, 3.8) is 0 Å². The maximum absolute atomic E-state index is 11.5. The molecule has 2 fully saturated rings. The standard InChI is InChI=1S/C14H28N2O2S/c1-2-19(17,18)11-5-10-16-9-4-7-14(16)13-6-3-8-15-12-13/h13-15H,2-12H2,1H3. The number of nitrogens with zero attached hydrogens (tertiary/aromatic N) is 1. The molecule has 2 unspecified atom stereocenters. The van der Waals surface area contributed by atoms with E-state index in [0.29, 0.717) is 11.8 Å². The third-order valence-corrected chi connectivity index (χ3v) is 6.42. The van der Waals surface area contributed by atoms with Crippen molar-refractivity contribution in [1.82, 2.24) is 10.2 Å². The highest BCUT2D eigenvalue weighted by atomic mass is 32.2. The molecule has 0 spiro atoms. The third kappa shape index (κ3) is 4.43. The van der Waals surface area contributed by atoms with Crippen molar-refractivity contribution in [3.05, 3.63) is 0 Å². The summed E-state index contributed by atoms with van der Waals surface area (Å²) in [5.74, 6) is 1.41. The molecule has 0 bridgehead atoms. The first-order chi connectivity index (χ1) is 9.12. The van der Waals surface area contributed by atoms with E-state index in [4.69, 9.17) is 0 Å². The second-order valence-corrected chi connectivity index (χ2v) is 8.41. The average Bonchev–Trinajstić information content (AvgIpc) is 2.88. The molecule has 2 aliphatic heterocycles. The van der Waals surface area contributed by atoms with Crippen molar-refractivity contribution in [2.45, 2.75) is 45.1 Å². The van der Waals surface area contributed by atoms with Crippen LogP contribution in [-0.2, 0) is 9.84 Å². The highest BCUT2D eigenvalue weighted by Crippen LogP contribution is 2.28. The molecule has 0 saturated carbocycles. The molecule has 1 N–H and O–H groups in total. The topological polar surface area (TPSA) is 49.4 Å². The summed E-state index contributed by atoms with van der Waals surface area (Å²) >= 11 is 0. The van der Waals surface area contributed by atoms with Gasteiger partial charge in [0.25, 0.3) is 0 Å². The predicted octanol–water partition coefficient (Wildman–Crippen LogP) is 1.28. The minimum absolute atomic E-state index is 0.281. The van der Waals surface area contributed by atoms with Gasteiger partial charge in [0.1, 0.15) is 9.84 Å². The van der Waals surface area contributed by atoms with E-state index in [2.05, 4.69) is 10.2 Å². The van der Waals surface area contributed by atoms with Gasteiger partial charge in [0.2, 0.25) is 0 Å². The molecule has 2 heterocycles. The Hall–Kier alpha value is -0.130. The van der Waals surface area contributed by atoms with Gasteiger partial charge < -0.3 is 10.2 Å². The first-order valence-electron chi connectivity index (χ1n) is 7.77. The summed E-state index contributed by atoms with van der Waals surface area (Å²) in [6.07, 6.45) is 6.00. The van der Waals surface area contributed by atoms with Crippen LogP contribution in [-0.4, -0.2) is 57.0 Å². The summed E-state index contributed by atoms with van der Waals surface area (Å²) in [6, 6.07) is 0.692. The van der Waals surface area contributed by atoms with Crippen LogP contribution in [0.3, 0.4) is 0 Å². The molecule has 0 aromatic rings. The SMILES string of the molecule is CCS(=O)(=O)CCCN1CCCC1C1CCCNC1. The summed E-state index contributed by atoms with van der Waals surface area (Å²) in [6.45, 7) is 6.17. The molecule has 0 aromatic heterocycles. The van der Waals surface area contributed by atoms with Crippen molar-refractivity contribution >= 4 is 9.84 Å². The van der Waals surface area contributed by atoms with Gasteiger partial charge in [-0.15, -0.1) is 0 Å². The largest absolute Gasteiger partial charge is 0.316 e. The van der Waals surface area contributed by atoms with Gasteiger partial charge in [-0.25, -0.2) is 8.42 Å². The number of likely N-dealkylation sites (tertiary alicyclic amines) is 1. The van der Waals surface area contributed by atoms with Crippen LogP contribution in [0.1, 0.15) is 39.0 Å². The molecule has 0 amide bonds. The van der Waals surface area contributed by atoms with Crippen molar-refractivity contribution in [2.24, 2.45) is 5.92 Å². The van der Waals surface area contributed by atoms with Crippen LogP contribution in [0.2, 0.25) is 0 Å². The lowest BCUT2D eigenvalue weighted by Gasteiger charge is -2.34. The Kier molecular flexibility index (Phi) is 5.66. The van der Waals surface area contributed by atoms with Crippen molar-refractivity contribution in [3.8, 4) is 0 Å². The van der Waals surface area contributed by atoms with Gasteiger partial charge in [0.05, 0.1) is 5.75 Å². The minimum atomic E-state index is -2.79. The predicted molar refractivity (Wildman–Crippen MR) is 79.1 cm³/mol. The summed E-state index contributed by atoms with van der Waals surface area (Å²) in [5, 5.41) is 3.50. The highest BCUT2D eigenvalue weighted by Gasteiger charge is 2.31. The molecule has 0 aliphatic carbocycles. The number of sulfone groups is 1. The fourth-order valence-corrected chi connectivity index (χ4v) is 4.36. The number of hydrogen-bond acceptors (Lipinski definition) is 4. The Bertz CT molecular complexity index is 364. The molecule has 19 heavy (non-hydrogen) atoms. The zero-order valence-corrected chi connectivity index (χ0v) is 12.9. The fourth-order valence-electron chi connectivity index (χ4n) is 3.50. The number of hydrogen-bond donors (Lipinski definition) is 1. The maximum Gasteiger partial charge on any atom is 0.150 e. The molecule has 2 atom stereocenters. The van der Waals surface area contributed by atoms with Crippen LogP contribution in [0.25, 0.3) is 0 Å². The Morgan fingerprint density at radius 1 is 1.26 bits per heavy atom. The number of piperidine rings is 1. The van der Waals surface area contributed by atoms with Gasteiger partial charge in [-0.2, -0.15) is 0 Å². The van der Waals surface area contributed by atoms with Crippen LogP contribution in [0, 0.1) is 5.92 Å². The molecule has 2 saturated heterocycles. The number of rotatable bonds is 6. The zero-order chi connectivity index (χ0) is 13.7. The van der Waals surface area contributed by atoms with Crippen LogP contribution < -0.4 is 5.32 Å². The van der Waals surface area contributed by atoms with Gasteiger partial charge in [-0.3, -0.25) is 0 Å². The minimum Gasteiger partial charge on any atom is -0.316 e. The van der Waals surface area contributed by atoms with Crippen LogP contribution in [0.5, 0.6) is 0 Å². The van der Waals surface area contributed by atoms with E-state index in [-0.39, 0.29) is 5.75 Å². The van der Waals surface area contributed by atoms with Crippen molar-refractivity contribution in [2.75, 3.05) is 37.7 Å². The quantitative estimate of drug-likeness (QED) is 0.800. The van der Waals surface area contributed by atoms with Gasteiger partial charge in [-0.05, 0) is 64.2 Å². The normalized spacial score (nSPS) is 29.7. The number of nitrogens with one attached hydrogen (secondary N) is 1. The first kappa shape index (κ1) is 15.3. The van der Waals surface area contributed by atoms with Crippen molar-refractivity contribution in [1.29, 1.82) is 0 Å². The molecule has 2 aliphatic rings. The molecule has 5 heteroatoms. The second-order valence-electron chi connectivity index (χ2n) is 5.94. The lowest BCUT2D eigenvalue weighted by molar-refractivity contribution is 0.166. The van der Waals surface area contributed by atoms with E-state index >= 15 is 0 Å². The Morgan fingerprint density at radius 2 is 2.11 bits per heavy atom. The smallest absolute Gasteiger partial charge is 0.150 e. The zero-order valence-electron chi connectivity index (χ0n) is 12.1. The average molecular weight is 288 g/mol. The van der Waals surface area contributed by atoms with Crippen LogP contribution in [0.15, 0.2) is 0 Å². The fraction of sp³-hybridized carbons (Fsp3) is 1.00. The lowest BCUT2D eigenvalue weighted by atomic mass is 9.90.